The fourth-order valence-corrected chi connectivity index (χ4v) is 3.95. The number of carbonyl (C=O) groups excluding carboxylic acids is 1. The van der Waals surface area contributed by atoms with Gasteiger partial charge in [-0.3, -0.25) is 4.79 Å². The van der Waals surface area contributed by atoms with Crippen molar-refractivity contribution >= 4 is 33.9 Å². The van der Waals surface area contributed by atoms with E-state index in [9.17, 15) is 4.79 Å². The summed E-state index contributed by atoms with van der Waals surface area (Å²) in [4.78, 5) is 22.6. The number of amides is 1. The highest BCUT2D eigenvalue weighted by Crippen LogP contribution is 2.29. The van der Waals surface area contributed by atoms with Crippen LogP contribution in [0.3, 0.4) is 0 Å². The molecule has 0 fully saturated rings. The van der Waals surface area contributed by atoms with Crippen molar-refractivity contribution in [3.63, 3.8) is 0 Å². The molecule has 0 saturated heterocycles. The van der Waals surface area contributed by atoms with Gasteiger partial charge in [-0.05, 0) is 57.6 Å². The number of allylic oxidation sites excluding steroid dienone is 2. The molecule has 29 heavy (non-hydrogen) atoms. The van der Waals surface area contributed by atoms with Crippen LogP contribution in [0.2, 0.25) is 0 Å². The van der Waals surface area contributed by atoms with Crippen molar-refractivity contribution in [2.45, 2.75) is 65.0 Å². The minimum Gasteiger partial charge on any atom is -0.384 e. The lowest BCUT2D eigenvalue weighted by atomic mass is 9.97. The third-order valence-electron chi connectivity index (χ3n) is 5.85. The second-order valence-corrected chi connectivity index (χ2v) is 7.94. The second kappa shape index (κ2) is 8.23. The first kappa shape index (κ1) is 19.4. The monoisotopic (exact) mass is 391 g/mol. The van der Waals surface area contributed by atoms with Crippen LogP contribution in [0, 0.1) is 0 Å². The van der Waals surface area contributed by atoms with E-state index in [4.69, 9.17) is 15.7 Å². The lowest BCUT2D eigenvalue weighted by Gasteiger charge is -2.14. The highest BCUT2D eigenvalue weighted by atomic mass is 16.1. The summed E-state index contributed by atoms with van der Waals surface area (Å²) in [6.07, 6.45) is 8.96. The molecule has 4 rings (SSSR count). The molecule has 1 aliphatic rings. The molecule has 1 aromatic carbocycles. The van der Waals surface area contributed by atoms with Crippen LogP contribution in [0.25, 0.3) is 22.2 Å². The van der Waals surface area contributed by atoms with Crippen molar-refractivity contribution in [2.75, 3.05) is 5.73 Å². The summed E-state index contributed by atoms with van der Waals surface area (Å²) >= 11 is 0. The number of nitrogens with two attached hydrogens (primary N) is 1. The topological polar surface area (TPSA) is 85.8 Å². The van der Waals surface area contributed by atoms with Gasteiger partial charge in [0.05, 0.1) is 11.0 Å². The van der Waals surface area contributed by atoms with Gasteiger partial charge < -0.3 is 15.6 Å². The predicted octanol–water partition coefficient (Wildman–Crippen LogP) is 4.59. The zero-order chi connectivity index (χ0) is 20.4. The van der Waals surface area contributed by atoms with E-state index < -0.39 is 0 Å². The van der Waals surface area contributed by atoms with Crippen LogP contribution in [-0.4, -0.2) is 26.5 Å². The molecule has 6 heteroatoms. The molecule has 0 bridgehead atoms. The summed E-state index contributed by atoms with van der Waals surface area (Å²) in [6.45, 7) is 4.74. The molecular formula is C23H29N5O. The molecule has 1 atom stereocenters. The van der Waals surface area contributed by atoms with Gasteiger partial charge in [-0.2, -0.15) is 0 Å². The van der Waals surface area contributed by atoms with Crippen LogP contribution >= 0.6 is 0 Å². The van der Waals surface area contributed by atoms with Crippen LogP contribution in [0.15, 0.2) is 35.9 Å². The molecule has 3 N–H and O–H groups in total. The molecule has 2 aromatic heterocycles. The SMILES string of the molecule is CCC(C)NC(=O)c1c(N)n(CCC2=CCCCC2)c2nc3ccccc3nc12. The quantitative estimate of drug-likeness (QED) is 0.602. The number of nitrogens with one attached hydrogen (secondary N) is 1. The van der Waals surface area contributed by atoms with Gasteiger partial charge in [0.25, 0.3) is 5.91 Å². The molecular weight excluding hydrogens is 362 g/mol. The van der Waals surface area contributed by atoms with E-state index in [-0.39, 0.29) is 11.9 Å². The summed E-state index contributed by atoms with van der Waals surface area (Å²) in [7, 11) is 0. The maximum Gasteiger partial charge on any atom is 0.257 e. The number of aromatic nitrogens is 3. The number of para-hydroxylation sites is 2. The number of nitrogens with zero attached hydrogens (tertiary/aromatic N) is 3. The predicted molar refractivity (Wildman–Crippen MR) is 118 cm³/mol. The van der Waals surface area contributed by atoms with Crippen LogP contribution in [-0.2, 0) is 6.54 Å². The maximum atomic E-state index is 13.0. The minimum atomic E-state index is -0.179. The van der Waals surface area contributed by atoms with Crippen molar-refractivity contribution in [3.8, 4) is 0 Å². The Morgan fingerprint density at radius 2 is 2.00 bits per heavy atom. The van der Waals surface area contributed by atoms with E-state index in [1.54, 1.807) is 0 Å². The first-order chi connectivity index (χ1) is 14.1. The average molecular weight is 392 g/mol. The highest BCUT2D eigenvalue weighted by molar-refractivity contribution is 6.10. The zero-order valence-corrected chi connectivity index (χ0v) is 17.2. The molecule has 2 heterocycles. The standard InChI is InChI=1S/C23H29N5O/c1-3-15(2)25-23(29)19-20-22(27-18-12-8-7-11-17(18)26-20)28(21(19)24)14-13-16-9-5-4-6-10-16/h7-9,11-12,15H,3-6,10,13-14,24H2,1-2H3,(H,25,29). The van der Waals surface area contributed by atoms with Crippen molar-refractivity contribution in [3.05, 3.63) is 41.5 Å². The first-order valence-electron chi connectivity index (χ1n) is 10.6. The third-order valence-corrected chi connectivity index (χ3v) is 5.85. The minimum absolute atomic E-state index is 0.0705. The largest absolute Gasteiger partial charge is 0.384 e. The summed E-state index contributed by atoms with van der Waals surface area (Å²) in [5, 5.41) is 3.03. The number of nitrogen functional groups attached to an aromatic ring is 1. The molecule has 3 aromatic rings. The number of hydrogen-bond donors (Lipinski definition) is 2. The Hall–Kier alpha value is -2.89. The molecule has 152 valence electrons. The second-order valence-electron chi connectivity index (χ2n) is 7.94. The van der Waals surface area contributed by atoms with E-state index in [0.717, 1.165) is 36.7 Å². The van der Waals surface area contributed by atoms with Crippen molar-refractivity contribution in [1.82, 2.24) is 19.9 Å². The molecule has 0 spiro atoms. The normalized spacial score (nSPS) is 15.4. The molecule has 1 aliphatic carbocycles. The van der Waals surface area contributed by atoms with Gasteiger partial charge in [0.15, 0.2) is 5.65 Å². The van der Waals surface area contributed by atoms with Gasteiger partial charge in [0.2, 0.25) is 0 Å². The van der Waals surface area contributed by atoms with E-state index in [2.05, 4.69) is 11.4 Å². The lowest BCUT2D eigenvalue weighted by Crippen LogP contribution is -2.32. The van der Waals surface area contributed by atoms with Gasteiger partial charge in [-0.1, -0.05) is 30.7 Å². The van der Waals surface area contributed by atoms with Crippen molar-refractivity contribution in [1.29, 1.82) is 0 Å². The molecule has 1 unspecified atom stereocenters. The Labute approximate surface area is 171 Å². The fraction of sp³-hybridized carbons (Fsp3) is 0.435. The molecule has 1 amide bonds. The van der Waals surface area contributed by atoms with Crippen LogP contribution < -0.4 is 11.1 Å². The van der Waals surface area contributed by atoms with Gasteiger partial charge in [-0.25, -0.2) is 9.97 Å². The van der Waals surface area contributed by atoms with Crippen molar-refractivity contribution in [2.24, 2.45) is 0 Å². The first-order valence-corrected chi connectivity index (χ1v) is 10.6. The summed E-state index contributed by atoms with van der Waals surface area (Å²) in [5.74, 6) is 0.273. The number of benzene rings is 1. The van der Waals surface area contributed by atoms with Gasteiger partial charge in [0, 0.05) is 12.6 Å². The van der Waals surface area contributed by atoms with E-state index in [0.29, 0.717) is 29.1 Å². The smallest absolute Gasteiger partial charge is 0.257 e. The Kier molecular flexibility index (Phi) is 5.51. The van der Waals surface area contributed by atoms with E-state index >= 15 is 0 Å². The molecule has 6 nitrogen and oxygen atoms in total. The summed E-state index contributed by atoms with van der Waals surface area (Å²) < 4.78 is 1.97. The number of anilines is 1. The Morgan fingerprint density at radius 3 is 2.69 bits per heavy atom. The zero-order valence-electron chi connectivity index (χ0n) is 17.2. The molecule has 0 aliphatic heterocycles. The van der Waals surface area contributed by atoms with Crippen LogP contribution in [0.4, 0.5) is 5.82 Å². The van der Waals surface area contributed by atoms with Gasteiger partial charge in [0.1, 0.15) is 16.9 Å². The molecule has 0 saturated carbocycles. The number of rotatable bonds is 6. The number of hydrogen-bond acceptors (Lipinski definition) is 4. The highest BCUT2D eigenvalue weighted by Gasteiger charge is 2.24. The summed E-state index contributed by atoms with van der Waals surface area (Å²) in [6, 6.07) is 7.80. The number of aryl methyl sites for hydroxylation is 1. The van der Waals surface area contributed by atoms with E-state index in [1.807, 2.05) is 42.7 Å². The van der Waals surface area contributed by atoms with Crippen LogP contribution in [0.5, 0.6) is 0 Å². The van der Waals surface area contributed by atoms with Gasteiger partial charge >= 0.3 is 0 Å². The Bertz CT molecular complexity index is 1080. The lowest BCUT2D eigenvalue weighted by molar-refractivity contribution is 0.0941. The summed E-state index contributed by atoms with van der Waals surface area (Å²) in [5.41, 5.74) is 11.3. The third kappa shape index (κ3) is 3.84. The number of carbonyl (C=O) groups is 1. The maximum absolute atomic E-state index is 13.0. The number of fused-ring (bicyclic) bond motifs is 2. The van der Waals surface area contributed by atoms with Crippen LogP contribution in [0.1, 0.15) is 62.7 Å². The average Bonchev–Trinajstić information content (AvgIpc) is 3.01. The fourth-order valence-electron chi connectivity index (χ4n) is 3.95. The van der Waals surface area contributed by atoms with E-state index in [1.165, 1.54) is 18.4 Å². The van der Waals surface area contributed by atoms with Crippen molar-refractivity contribution < 1.29 is 4.79 Å². The Balaban J connectivity index is 1.80. The molecule has 0 radical (unpaired) electrons. The Morgan fingerprint density at radius 1 is 1.24 bits per heavy atom. The van der Waals surface area contributed by atoms with Gasteiger partial charge in [-0.15, -0.1) is 0 Å².